The van der Waals surface area contributed by atoms with Crippen LogP contribution in [-0.4, -0.2) is 40.7 Å². The molecule has 0 saturated carbocycles. The lowest BCUT2D eigenvalue weighted by molar-refractivity contribution is 0.0773. The molecule has 0 aliphatic rings. The van der Waals surface area contributed by atoms with Gasteiger partial charge in [-0.2, -0.15) is 0 Å². The molecule has 33 heavy (non-hydrogen) atoms. The average molecular weight is 441 g/mol. The highest BCUT2D eigenvalue weighted by Gasteiger charge is 2.14. The van der Waals surface area contributed by atoms with Crippen LogP contribution in [0.15, 0.2) is 72.8 Å². The summed E-state index contributed by atoms with van der Waals surface area (Å²) in [5.41, 5.74) is 3.32. The normalized spacial score (nSPS) is 10.8. The molecule has 0 aliphatic carbocycles. The molecule has 4 rings (SSSR count). The lowest BCUT2D eigenvalue weighted by Crippen LogP contribution is -2.30. The van der Waals surface area contributed by atoms with E-state index in [4.69, 9.17) is 4.74 Å². The van der Waals surface area contributed by atoms with E-state index >= 15 is 0 Å². The molecule has 1 heterocycles. The van der Waals surface area contributed by atoms with Gasteiger partial charge in [0.1, 0.15) is 11.4 Å². The van der Waals surface area contributed by atoms with Crippen molar-refractivity contribution < 1.29 is 9.53 Å². The van der Waals surface area contributed by atoms with Crippen molar-refractivity contribution in [1.29, 1.82) is 0 Å². The zero-order valence-corrected chi connectivity index (χ0v) is 19.2. The Kier molecular flexibility index (Phi) is 6.83. The maximum atomic E-state index is 12.6. The molecule has 1 amide bonds. The summed E-state index contributed by atoms with van der Waals surface area (Å²) >= 11 is 0. The Bertz CT molecular complexity index is 1230. The van der Waals surface area contributed by atoms with Crippen LogP contribution in [0.25, 0.3) is 22.0 Å². The molecule has 0 saturated heterocycles. The van der Waals surface area contributed by atoms with Gasteiger partial charge in [-0.25, -0.2) is 0 Å². The van der Waals surface area contributed by atoms with Crippen molar-refractivity contribution in [2.45, 2.75) is 20.8 Å². The number of nitrogens with one attached hydrogen (secondary N) is 1. The van der Waals surface area contributed by atoms with Gasteiger partial charge in [0, 0.05) is 40.7 Å². The second-order valence-corrected chi connectivity index (χ2v) is 7.58. The van der Waals surface area contributed by atoms with Crippen LogP contribution in [0.5, 0.6) is 5.75 Å². The number of carbonyl (C=O) groups excluding carboxylic acids is 1. The number of hydrogen-bond donors (Lipinski definition) is 1. The first-order chi connectivity index (χ1) is 16.1. The predicted molar refractivity (Wildman–Crippen MR) is 133 cm³/mol. The topological polar surface area (TPSA) is 67.4 Å². The summed E-state index contributed by atoms with van der Waals surface area (Å²) in [4.78, 5) is 14.4. The molecule has 3 aromatic carbocycles. The molecule has 6 nitrogen and oxygen atoms in total. The molecule has 0 radical (unpaired) electrons. The Balaban J connectivity index is 1.62. The van der Waals surface area contributed by atoms with Crippen LogP contribution in [0.3, 0.4) is 0 Å². The van der Waals surface area contributed by atoms with E-state index in [1.54, 1.807) is 4.90 Å². The smallest absolute Gasteiger partial charge is 0.253 e. The molecule has 0 unspecified atom stereocenters. The van der Waals surface area contributed by atoms with Gasteiger partial charge in [-0.3, -0.25) is 4.79 Å². The van der Waals surface area contributed by atoms with Crippen molar-refractivity contribution in [2.75, 3.05) is 25.0 Å². The minimum Gasteiger partial charge on any atom is -0.494 e. The molecule has 4 aromatic rings. The number of aromatic nitrogens is 2. The van der Waals surface area contributed by atoms with E-state index in [0.717, 1.165) is 33.5 Å². The molecule has 0 spiro atoms. The molecule has 1 N–H and O–H groups in total. The lowest BCUT2D eigenvalue weighted by Gasteiger charge is -2.18. The Morgan fingerprint density at radius 2 is 1.52 bits per heavy atom. The Hall–Kier alpha value is -3.93. The molecule has 0 aliphatic heterocycles. The molecular weight excluding hydrogens is 412 g/mol. The summed E-state index contributed by atoms with van der Waals surface area (Å²) in [6, 6.07) is 23.4. The Labute approximate surface area is 194 Å². The van der Waals surface area contributed by atoms with Gasteiger partial charge in [0.15, 0.2) is 5.82 Å². The van der Waals surface area contributed by atoms with Crippen LogP contribution in [0, 0.1) is 0 Å². The first-order valence-corrected chi connectivity index (χ1v) is 11.3. The largest absolute Gasteiger partial charge is 0.494 e. The molecule has 168 valence electrons. The van der Waals surface area contributed by atoms with Crippen molar-refractivity contribution in [2.24, 2.45) is 0 Å². The van der Waals surface area contributed by atoms with Crippen LogP contribution < -0.4 is 10.1 Å². The third-order valence-electron chi connectivity index (χ3n) is 5.57. The summed E-state index contributed by atoms with van der Waals surface area (Å²) in [5.74, 6) is 1.54. The summed E-state index contributed by atoms with van der Waals surface area (Å²) < 4.78 is 5.55. The van der Waals surface area contributed by atoms with Gasteiger partial charge in [-0.05, 0) is 69.3 Å². The number of nitrogens with zero attached hydrogens (tertiary/aromatic N) is 3. The SMILES string of the molecule is CCOc1ccc(-c2nnc(Nc3ccc(C(=O)N(CC)CC)cc3)c3ccccc23)cc1. The number of carbonyl (C=O) groups is 1. The number of benzene rings is 3. The van der Waals surface area contributed by atoms with E-state index in [-0.39, 0.29) is 5.91 Å². The third-order valence-corrected chi connectivity index (χ3v) is 5.57. The van der Waals surface area contributed by atoms with Crippen molar-refractivity contribution in [3.8, 4) is 17.0 Å². The van der Waals surface area contributed by atoms with Crippen LogP contribution in [0.4, 0.5) is 11.5 Å². The summed E-state index contributed by atoms with van der Waals surface area (Å²) in [7, 11) is 0. The number of amides is 1. The Morgan fingerprint density at radius 1 is 0.848 bits per heavy atom. The standard InChI is InChI=1S/C27H28N4O2/c1-4-31(5-2)27(32)20-11-15-21(16-12-20)28-26-24-10-8-7-9-23(24)25(29-30-26)19-13-17-22(18-14-19)33-6-3/h7-18H,4-6H2,1-3H3,(H,28,30). The van der Waals surface area contributed by atoms with E-state index in [1.165, 1.54) is 0 Å². The van der Waals surface area contributed by atoms with Crippen molar-refractivity contribution in [3.05, 3.63) is 78.4 Å². The van der Waals surface area contributed by atoms with Gasteiger partial charge in [0.05, 0.1) is 6.61 Å². The molecule has 6 heteroatoms. The van der Waals surface area contributed by atoms with E-state index < -0.39 is 0 Å². The number of hydrogen-bond acceptors (Lipinski definition) is 5. The van der Waals surface area contributed by atoms with Gasteiger partial charge in [0.2, 0.25) is 0 Å². The van der Waals surface area contributed by atoms with Crippen LogP contribution in [0.2, 0.25) is 0 Å². The van der Waals surface area contributed by atoms with Gasteiger partial charge < -0.3 is 15.0 Å². The van der Waals surface area contributed by atoms with E-state index in [1.807, 2.05) is 93.6 Å². The van der Waals surface area contributed by atoms with Crippen LogP contribution in [0.1, 0.15) is 31.1 Å². The minimum absolute atomic E-state index is 0.0384. The van der Waals surface area contributed by atoms with Gasteiger partial charge in [-0.15, -0.1) is 10.2 Å². The fourth-order valence-corrected chi connectivity index (χ4v) is 3.81. The molecule has 0 fully saturated rings. The monoisotopic (exact) mass is 440 g/mol. The highest BCUT2D eigenvalue weighted by atomic mass is 16.5. The van der Waals surface area contributed by atoms with E-state index in [9.17, 15) is 4.79 Å². The third kappa shape index (κ3) is 4.80. The van der Waals surface area contributed by atoms with Crippen molar-refractivity contribution in [1.82, 2.24) is 15.1 Å². The van der Waals surface area contributed by atoms with E-state index in [2.05, 4.69) is 15.5 Å². The minimum atomic E-state index is 0.0384. The highest BCUT2D eigenvalue weighted by Crippen LogP contribution is 2.31. The van der Waals surface area contributed by atoms with Crippen LogP contribution >= 0.6 is 0 Å². The van der Waals surface area contributed by atoms with Gasteiger partial charge in [-0.1, -0.05) is 24.3 Å². The maximum absolute atomic E-state index is 12.6. The van der Waals surface area contributed by atoms with E-state index in [0.29, 0.717) is 31.1 Å². The van der Waals surface area contributed by atoms with Crippen LogP contribution in [-0.2, 0) is 0 Å². The summed E-state index contributed by atoms with van der Waals surface area (Å²) in [5, 5.41) is 14.3. The highest BCUT2D eigenvalue weighted by molar-refractivity contribution is 6.01. The summed E-state index contributed by atoms with van der Waals surface area (Å²) in [6.45, 7) is 7.95. The second-order valence-electron chi connectivity index (χ2n) is 7.58. The number of ether oxygens (including phenoxy) is 1. The maximum Gasteiger partial charge on any atom is 0.253 e. The van der Waals surface area contributed by atoms with Crippen molar-refractivity contribution >= 4 is 28.2 Å². The van der Waals surface area contributed by atoms with Crippen molar-refractivity contribution in [3.63, 3.8) is 0 Å². The fourth-order valence-electron chi connectivity index (χ4n) is 3.81. The van der Waals surface area contributed by atoms with Gasteiger partial charge in [0.25, 0.3) is 5.91 Å². The average Bonchev–Trinajstić information content (AvgIpc) is 2.86. The van der Waals surface area contributed by atoms with Gasteiger partial charge >= 0.3 is 0 Å². The number of rotatable bonds is 8. The molecule has 0 atom stereocenters. The Morgan fingerprint density at radius 3 is 2.15 bits per heavy atom. The first kappa shape index (κ1) is 22.3. The number of fused-ring (bicyclic) bond motifs is 1. The lowest BCUT2D eigenvalue weighted by atomic mass is 10.0. The molecule has 0 bridgehead atoms. The fraction of sp³-hybridized carbons (Fsp3) is 0.222. The zero-order chi connectivity index (χ0) is 23.2. The molecular formula is C27H28N4O2. The summed E-state index contributed by atoms with van der Waals surface area (Å²) in [6.07, 6.45) is 0. The second kappa shape index (κ2) is 10.1. The zero-order valence-electron chi connectivity index (χ0n) is 19.2. The first-order valence-electron chi connectivity index (χ1n) is 11.3. The number of anilines is 2. The molecule has 1 aromatic heterocycles. The predicted octanol–water partition coefficient (Wildman–Crippen LogP) is 5.92. The quantitative estimate of drug-likeness (QED) is 0.368.